The zero-order valence-electron chi connectivity index (χ0n) is 10.8. The van der Waals surface area contributed by atoms with Crippen molar-refractivity contribution in [3.05, 3.63) is 35.6 Å². The largest absolute Gasteiger partial charge is 0.314 e. The molecule has 2 heteroatoms. The summed E-state index contributed by atoms with van der Waals surface area (Å²) in [6, 6.07) is 7.64. The van der Waals surface area contributed by atoms with E-state index < -0.39 is 0 Å². The topological polar surface area (TPSA) is 12.0 Å². The molecular weight excluding hydrogens is 213 g/mol. The van der Waals surface area contributed by atoms with Crippen molar-refractivity contribution in [1.82, 2.24) is 5.32 Å². The van der Waals surface area contributed by atoms with Gasteiger partial charge in [0.25, 0.3) is 0 Å². The van der Waals surface area contributed by atoms with E-state index in [0.29, 0.717) is 11.5 Å². The predicted molar refractivity (Wildman–Crippen MR) is 69.5 cm³/mol. The van der Waals surface area contributed by atoms with Crippen molar-refractivity contribution >= 4 is 0 Å². The van der Waals surface area contributed by atoms with Crippen molar-refractivity contribution in [2.45, 2.75) is 45.6 Å². The zero-order chi connectivity index (χ0) is 12.3. The molecule has 1 saturated carbocycles. The summed E-state index contributed by atoms with van der Waals surface area (Å²) in [5.74, 6) is -0.143. The Labute approximate surface area is 103 Å². The van der Waals surface area contributed by atoms with Gasteiger partial charge >= 0.3 is 0 Å². The third-order valence-electron chi connectivity index (χ3n) is 3.87. The van der Waals surface area contributed by atoms with Gasteiger partial charge in [0.1, 0.15) is 5.82 Å². The molecule has 0 radical (unpaired) electrons. The van der Waals surface area contributed by atoms with Crippen LogP contribution in [0, 0.1) is 11.2 Å². The second-order valence-electron chi connectivity index (χ2n) is 5.61. The van der Waals surface area contributed by atoms with Crippen molar-refractivity contribution < 1.29 is 4.39 Å². The summed E-state index contributed by atoms with van der Waals surface area (Å²) in [4.78, 5) is 0. The minimum atomic E-state index is -0.143. The highest BCUT2D eigenvalue weighted by Gasteiger charge is 2.34. The van der Waals surface area contributed by atoms with E-state index in [9.17, 15) is 4.39 Å². The summed E-state index contributed by atoms with van der Waals surface area (Å²) in [5, 5.41) is 3.53. The maximum absolute atomic E-state index is 12.8. The molecule has 1 aliphatic carbocycles. The van der Waals surface area contributed by atoms with Crippen LogP contribution in [0.1, 0.15) is 38.7 Å². The summed E-state index contributed by atoms with van der Waals surface area (Å²) < 4.78 is 12.8. The van der Waals surface area contributed by atoms with Crippen LogP contribution in [0.5, 0.6) is 0 Å². The van der Waals surface area contributed by atoms with E-state index in [1.165, 1.54) is 24.8 Å². The molecular formula is C15H22FN. The van der Waals surface area contributed by atoms with Crippen LogP contribution < -0.4 is 5.32 Å². The summed E-state index contributed by atoms with van der Waals surface area (Å²) >= 11 is 0. The molecule has 0 spiro atoms. The van der Waals surface area contributed by atoms with Crippen molar-refractivity contribution in [2.75, 3.05) is 6.54 Å². The van der Waals surface area contributed by atoms with Gasteiger partial charge in [0.15, 0.2) is 0 Å². The first-order chi connectivity index (χ1) is 8.11. The first-order valence-corrected chi connectivity index (χ1v) is 6.59. The lowest BCUT2D eigenvalue weighted by Gasteiger charge is -2.24. The van der Waals surface area contributed by atoms with Gasteiger partial charge in [-0.3, -0.25) is 0 Å². The SMILES string of the molecule is CCNC1CCC(C)(Cc2ccc(F)cc2)C1. The highest BCUT2D eigenvalue weighted by Crippen LogP contribution is 2.40. The molecule has 2 unspecified atom stereocenters. The second kappa shape index (κ2) is 5.18. The summed E-state index contributed by atoms with van der Waals surface area (Å²) in [5.41, 5.74) is 1.64. The lowest BCUT2D eigenvalue weighted by Crippen LogP contribution is -2.28. The zero-order valence-corrected chi connectivity index (χ0v) is 10.8. The molecule has 1 fully saturated rings. The molecule has 0 bridgehead atoms. The van der Waals surface area contributed by atoms with Crippen molar-refractivity contribution in [2.24, 2.45) is 5.41 Å². The van der Waals surface area contributed by atoms with Crippen LogP contribution in [-0.2, 0) is 6.42 Å². The number of hydrogen-bond acceptors (Lipinski definition) is 1. The molecule has 1 N–H and O–H groups in total. The molecule has 0 amide bonds. The maximum atomic E-state index is 12.8. The number of halogens is 1. The van der Waals surface area contributed by atoms with Crippen LogP contribution in [-0.4, -0.2) is 12.6 Å². The highest BCUT2D eigenvalue weighted by atomic mass is 19.1. The lowest BCUT2D eigenvalue weighted by molar-refractivity contribution is 0.322. The van der Waals surface area contributed by atoms with Crippen LogP contribution in [0.25, 0.3) is 0 Å². The summed E-state index contributed by atoms with van der Waals surface area (Å²) in [7, 11) is 0. The number of nitrogens with one attached hydrogen (secondary N) is 1. The third-order valence-corrected chi connectivity index (χ3v) is 3.87. The van der Waals surface area contributed by atoms with E-state index in [0.717, 1.165) is 13.0 Å². The Bertz CT molecular complexity index is 360. The fraction of sp³-hybridized carbons (Fsp3) is 0.600. The quantitative estimate of drug-likeness (QED) is 0.841. The average Bonchev–Trinajstić information content (AvgIpc) is 2.64. The molecule has 0 heterocycles. The fourth-order valence-corrected chi connectivity index (χ4v) is 3.04. The van der Waals surface area contributed by atoms with Gasteiger partial charge in [-0.25, -0.2) is 4.39 Å². The second-order valence-corrected chi connectivity index (χ2v) is 5.61. The normalized spacial score (nSPS) is 28.5. The lowest BCUT2D eigenvalue weighted by atomic mass is 9.82. The number of hydrogen-bond donors (Lipinski definition) is 1. The molecule has 94 valence electrons. The maximum Gasteiger partial charge on any atom is 0.123 e. The fourth-order valence-electron chi connectivity index (χ4n) is 3.04. The van der Waals surface area contributed by atoms with Crippen molar-refractivity contribution in [3.63, 3.8) is 0 Å². The van der Waals surface area contributed by atoms with Crippen molar-refractivity contribution in [1.29, 1.82) is 0 Å². The average molecular weight is 235 g/mol. The van der Waals surface area contributed by atoms with E-state index in [-0.39, 0.29) is 5.82 Å². The first-order valence-electron chi connectivity index (χ1n) is 6.59. The smallest absolute Gasteiger partial charge is 0.123 e. The van der Waals surface area contributed by atoms with E-state index in [1.807, 2.05) is 12.1 Å². The van der Waals surface area contributed by atoms with Gasteiger partial charge in [-0.15, -0.1) is 0 Å². The molecule has 1 nitrogen and oxygen atoms in total. The minimum Gasteiger partial charge on any atom is -0.314 e. The van der Waals surface area contributed by atoms with Crippen LogP contribution in [0.4, 0.5) is 4.39 Å². The Morgan fingerprint density at radius 3 is 2.71 bits per heavy atom. The third kappa shape index (κ3) is 3.29. The van der Waals surface area contributed by atoms with Crippen LogP contribution in [0.3, 0.4) is 0 Å². The van der Waals surface area contributed by atoms with Gasteiger partial charge in [0.2, 0.25) is 0 Å². The van der Waals surface area contributed by atoms with Crippen LogP contribution >= 0.6 is 0 Å². The summed E-state index contributed by atoms with van der Waals surface area (Å²) in [6.07, 6.45) is 4.83. The molecule has 0 aromatic heterocycles. The molecule has 1 aromatic carbocycles. The Hall–Kier alpha value is -0.890. The first kappa shape index (κ1) is 12.6. The van der Waals surface area contributed by atoms with Gasteiger partial charge in [0.05, 0.1) is 0 Å². The van der Waals surface area contributed by atoms with Gasteiger partial charge in [-0.05, 0) is 55.3 Å². The highest BCUT2D eigenvalue weighted by molar-refractivity contribution is 5.18. The molecule has 2 atom stereocenters. The van der Waals surface area contributed by atoms with Gasteiger partial charge in [0, 0.05) is 6.04 Å². The molecule has 17 heavy (non-hydrogen) atoms. The predicted octanol–water partition coefficient (Wildman–Crippen LogP) is 3.54. The Morgan fingerprint density at radius 2 is 2.06 bits per heavy atom. The Morgan fingerprint density at radius 1 is 1.35 bits per heavy atom. The van der Waals surface area contributed by atoms with Gasteiger partial charge < -0.3 is 5.32 Å². The van der Waals surface area contributed by atoms with Gasteiger partial charge in [-0.1, -0.05) is 26.0 Å². The number of rotatable bonds is 4. The Kier molecular flexibility index (Phi) is 3.82. The molecule has 1 aliphatic rings. The molecule has 2 rings (SSSR count). The number of benzene rings is 1. The monoisotopic (exact) mass is 235 g/mol. The van der Waals surface area contributed by atoms with E-state index in [4.69, 9.17) is 0 Å². The minimum absolute atomic E-state index is 0.143. The molecule has 0 aliphatic heterocycles. The van der Waals surface area contributed by atoms with E-state index >= 15 is 0 Å². The van der Waals surface area contributed by atoms with Gasteiger partial charge in [-0.2, -0.15) is 0 Å². The molecule has 0 saturated heterocycles. The Balaban J connectivity index is 1.96. The van der Waals surface area contributed by atoms with E-state index in [2.05, 4.69) is 19.2 Å². The van der Waals surface area contributed by atoms with Crippen LogP contribution in [0.15, 0.2) is 24.3 Å². The molecule has 1 aromatic rings. The standard InChI is InChI=1S/C15H22FN/c1-3-17-14-8-9-15(2,11-14)10-12-4-6-13(16)7-5-12/h4-7,14,17H,3,8-11H2,1-2H3. The summed E-state index contributed by atoms with van der Waals surface area (Å²) in [6.45, 7) is 5.57. The van der Waals surface area contributed by atoms with E-state index in [1.54, 1.807) is 12.1 Å². The van der Waals surface area contributed by atoms with Crippen molar-refractivity contribution in [3.8, 4) is 0 Å². The van der Waals surface area contributed by atoms with Crippen LogP contribution in [0.2, 0.25) is 0 Å².